The predicted octanol–water partition coefficient (Wildman–Crippen LogP) is 7.45. The van der Waals surface area contributed by atoms with Crippen molar-refractivity contribution in [2.24, 2.45) is 11.8 Å². The largest absolute Gasteiger partial charge is 0.378 e. The van der Waals surface area contributed by atoms with Crippen LogP contribution in [0.15, 0.2) is 36.9 Å². The van der Waals surface area contributed by atoms with E-state index in [-0.39, 0.29) is 0 Å². The van der Waals surface area contributed by atoms with E-state index < -0.39 is 0 Å². The smallest absolute Gasteiger partial charge is 0.0578 e. The van der Waals surface area contributed by atoms with Crippen molar-refractivity contribution in [3.05, 3.63) is 48.0 Å². The van der Waals surface area contributed by atoms with Crippen LogP contribution in [0.5, 0.6) is 0 Å². The monoisotopic (exact) mass is 368 g/mol. The quantitative estimate of drug-likeness (QED) is 0.308. The third-order valence-electron chi connectivity index (χ3n) is 7.00. The molecule has 0 aliphatic heterocycles. The lowest BCUT2D eigenvalue weighted by Gasteiger charge is -2.42. The van der Waals surface area contributed by atoms with Gasteiger partial charge in [-0.1, -0.05) is 56.5 Å². The molecule has 1 aromatic rings. The molecule has 3 rings (SSSR count). The molecule has 1 aromatic carbocycles. The number of rotatable bonds is 10. The molecule has 1 heteroatoms. The third kappa shape index (κ3) is 6.21. The molecule has 2 aliphatic carbocycles. The van der Waals surface area contributed by atoms with Gasteiger partial charge in [-0.15, -0.1) is 6.58 Å². The molecule has 150 valence electrons. The van der Waals surface area contributed by atoms with Crippen molar-refractivity contribution in [3.63, 3.8) is 0 Å². The number of benzene rings is 1. The van der Waals surface area contributed by atoms with E-state index in [0.717, 1.165) is 37.2 Å². The first-order chi connectivity index (χ1) is 13.3. The minimum absolute atomic E-state index is 0.550. The second-order valence-corrected chi connectivity index (χ2v) is 8.97. The zero-order valence-corrected chi connectivity index (χ0v) is 17.5. The van der Waals surface area contributed by atoms with Crippen molar-refractivity contribution in [2.75, 3.05) is 6.61 Å². The average molecular weight is 369 g/mol. The maximum atomic E-state index is 6.23. The first kappa shape index (κ1) is 20.6. The highest BCUT2D eigenvalue weighted by molar-refractivity contribution is 5.26. The molecule has 2 aliphatic rings. The SMILES string of the molecule is C=CCCc1ccc(C2CCC3CC(OCCCCCC)CCC3C2)cc1. The number of ether oxygens (including phenoxy) is 1. The lowest BCUT2D eigenvalue weighted by Crippen LogP contribution is -2.33. The fourth-order valence-corrected chi connectivity index (χ4v) is 5.30. The van der Waals surface area contributed by atoms with E-state index in [2.05, 4.69) is 37.8 Å². The van der Waals surface area contributed by atoms with Crippen molar-refractivity contribution < 1.29 is 4.74 Å². The summed E-state index contributed by atoms with van der Waals surface area (Å²) in [7, 11) is 0. The Labute approximate surface area is 167 Å². The van der Waals surface area contributed by atoms with Crippen molar-refractivity contribution in [3.8, 4) is 0 Å². The molecule has 0 heterocycles. The van der Waals surface area contributed by atoms with Crippen molar-refractivity contribution in [2.45, 2.75) is 96.0 Å². The van der Waals surface area contributed by atoms with Crippen LogP contribution in [0.4, 0.5) is 0 Å². The van der Waals surface area contributed by atoms with Crippen LogP contribution in [-0.2, 0) is 11.2 Å². The predicted molar refractivity (Wildman–Crippen MR) is 116 cm³/mol. The number of aryl methyl sites for hydroxylation is 1. The highest BCUT2D eigenvalue weighted by Gasteiger charge is 2.36. The Morgan fingerprint density at radius 3 is 2.52 bits per heavy atom. The molecule has 0 radical (unpaired) electrons. The summed E-state index contributed by atoms with van der Waals surface area (Å²) >= 11 is 0. The first-order valence-corrected chi connectivity index (χ1v) is 11.6. The van der Waals surface area contributed by atoms with Crippen molar-refractivity contribution >= 4 is 0 Å². The minimum Gasteiger partial charge on any atom is -0.378 e. The molecule has 0 aromatic heterocycles. The zero-order valence-electron chi connectivity index (χ0n) is 17.5. The summed E-state index contributed by atoms with van der Waals surface area (Å²) in [5.74, 6) is 2.64. The summed E-state index contributed by atoms with van der Waals surface area (Å²) in [5.41, 5.74) is 3.02. The van der Waals surface area contributed by atoms with Gasteiger partial charge in [0.15, 0.2) is 0 Å². The molecule has 27 heavy (non-hydrogen) atoms. The Bertz CT molecular complexity index is 546. The van der Waals surface area contributed by atoms with Crippen molar-refractivity contribution in [1.82, 2.24) is 0 Å². The Morgan fingerprint density at radius 2 is 1.74 bits per heavy atom. The van der Waals surface area contributed by atoms with E-state index in [1.165, 1.54) is 69.8 Å². The van der Waals surface area contributed by atoms with Gasteiger partial charge in [-0.3, -0.25) is 0 Å². The number of allylic oxidation sites excluding steroid dienone is 1. The highest BCUT2D eigenvalue weighted by atomic mass is 16.5. The van der Waals surface area contributed by atoms with Crippen LogP contribution in [0.2, 0.25) is 0 Å². The van der Waals surface area contributed by atoms with Gasteiger partial charge in [0.25, 0.3) is 0 Å². The van der Waals surface area contributed by atoms with E-state index in [1.807, 2.05) is 6.08 Å². The van der Waals surface area contributed by atoms with Gasteiger partial charge in [0.2, 0.25) is 0 Å². The lowest BCUT2D eigenvalue weighted by molar-refractivity contribution is -0.0163. The van der Waals surface area contributed by atoms with Gasteiger partial charge in [0, 0.05) is 6.61 Å². The molecule has 2 fully saturated rings. The molecule has 0 spiro atoms. The van der Waals surface area contributed by atoms with Gasteiger partial charge < -0.3 is 4.74 Å². The van der Waals surface area contributed by atoms with Crippen LogP contribution >= 0.6 is 0 Å². The fourth-order valence-electron chi connectivity index (χ4n) is 5.30. The van der Waals surface area contributed by atoms with Crippen LogP contribution < -0.4 is 0 Å². The van der Waals surface area contributed by atoms with Gasteiger partial charge in [0.05, 0.1) is 6.10 Å². The second-order valence-electron chi connectivity index (χ2n) is 8.97. The maximum Gasteiger partial charge on any atom is 0.0578 e. The third-order valence-corrected chi connectivity index (χ3v) is 7.00. The number of hydrogen-bond acceptors (Lipinski definition) is 1. The Hall–Kier alpha value is -1.08. The standard InChI is InChI=1S/C26H40O/c1-3-5-7-8-18-27-26-17-16-24-19-23(14-15-25(24)20-26)22-12-10-21(11-13-22)9-6-4-2/h4,10-13,23-26H,2-3,5-9,14-20H2,1H3. The summed E-state index contributed by atoms with van der Waals surface area (Å²) < 4.78 is 6.23. The van der Waals surface area contributed by atoms with Crippen LogP contribution in [-0.4, -0.2) is 12.7 Å². The number of unbranched alkanes of at least 4 members (excludes halogenated alkanes) is 3. The summed E-state index contributed by atoms with van der Waals surface area (Å²) in [6.07, 6.45) is 18.2. The van der Waals surface area contributed by atoms with E-state index in [9.17, 15) is 0 Å². The Morgan fingerprint density at radius 1 is 0.963 bits per heavy atom. The van der Waals surface area contributed by atoms with E-state index in [4.69, 9.17) is 4.74 Å². The van der Waals surface area contributed by atoms with Gasteiger partial charge >= 0.3 is 0 Å². The van der Waals surface area contributed by atoms with Crippen LogP contribution in [0.1, 0.15) is 94.6 Å². The highest BCUT2D eigenvalue weighted by Crippen LogP contribution is 2.46. The Balaban J connectivity index is 1.43. The van der Waals surface area contributed by atoms with Crippen LogP contribution in [0, 0.1) is 11.8 Å². The van der Waals surface area contributed by atoms with Gasteiger partial charge in [-0.25, -0.2) is 0 Å². The topological polar surface area (TPSA) is 9.23 Å². The molecule has 2 saturated carbocycles. The summed E-state index contributed by atoms with van der Waals surface area (Å²) in [4.78, 5) is 0. The Kier molecular flexibility index (Phi) is 8.45. The van der Waals surface area contributed by atoms with Crippen LogP contribution in [0.3, 0.4) is 0 Å². The first-order valence-electron chi connectivity index (χ1n) is 11.6. The molecule has 4 atom stereocenters. The van der Waals surface area contributed by atoms with E-state index in [0.29, 0.717) is 6.10 Å². The van der Waals surface area contributed by atoms with Gasteiger partial charge in [0.1, 0.15) is 0 Å². The van der Waals surface area contributed by atoms with Gasteiger partial charge in [-0.2, -0.15) is 0 Å². The lowest BCUT2D eigenvalue weighted by atomic mass is 9.65. The molecule has 4 unspecified atom stereocenters. The summed E-state index contributed by atoms with van der Waals surface area (Å²) in [6.45, 7) is 7.09. The fraction of sp³-hybridized carbons (Fsp3) is 0.692. The molecular weight excluding hydrogens is 328 g/mol. The summed E-state index contributed by atoms with van der Waals surface area (Å²) in [5, 5.41) is 0. The molecule has 0 bridgehead atoms. The molecule has 1 nitrogen and oxygen atoms in total. The maximum absolute atomic E-state index is 6.23. The van der Waals surface area contributed by atoms with Crippen molar-refractivity contribution in [1.29, 1.82) is 0 Å². The molecule has 0 N–H and O–H groups in total. The number of fused-ring (bicyclic) bond motifs is 1. The summed E-state index contributed by atoms with van der Waals surface area (Å²) in [6, 6.07) is 9.48. The number of hydrogen-bond donors (Lipinski definition) is 0. The molecular formula is C26H40O. The second kappa shape index (κ2) is 11.1. The molecule has 0 amide bonds. The minimum atomic E-state index is 0.550. The van der Waals surface area contributed by atoms with E-state index in [1.54, 1.807) is 5.56 Å². The average Bonchev–Trinajstić information content (AvgIpc) is 2.72. The normalized spacial score (nSPS) is 27.9. The van der Waals surface area contributed by atoms with Gasteiger partial charge in [-0.05, 0) is 86.7 Å². The molecule has 0 saturated heterocycles. The zero-order chi connectivity index (χ0) is 18.9. The van der Waals surface area contributed by atoms with E-state index >= 15 is 0 Å². The van der Waals surface area contributed by atoms with Crippen LogP contribution in [0.25, 0.3) is 0 Å².